The third-order valence-corrected chi connectivity index (χ3v) is 2.76. The Labute approximate surface area is 125 Å². The van der Waals surface area contributed by atoms with Crippen molar-refractivity contribution in [1.82, 2.24) is 0 Å². The molecule has 114 valence electrons. The van der Waals surface area contributed by atoms with E-state index in [1.165, 1.54) is 18.2 Å². The van der Waals surface area contributed by atoms with Gasteiger partial charge in [0, 0.05) is 12.1 Å². The minimum absolute atomic E-state index is 0. The molecular formula is C14H22ClFN2O2. The first-order valence-electron chi connectivity index (χ1n) is 6.34. The monoisotopic (exact) mass is 304 g/mol. The number of carbonyl (C=O) groups is 1. The fraction of sp³-hybridized carbons (Fsp3) is 0.500. The minimum atomic E-state index is -0.431. The molecule has 1 aromatic carbocycles. The van der Waals surface area contributed by atoms with Crippen LogP contribution >= 0.6 is 12.4 Å². The van der Waals surface area contributed by atoms with E-state index in [1.807, 2.05) is 13.8 Å². The standard InChI is InChI=1S/C14H21FN2O2.ClH/c1-8(2)19-13-6-5-11(15)7-12(13)17-14(18)9(3)10(4)16;/h5-10H,16H2,1-4H3,(H,17,18);1H. The van der Waals surface area contributed by atoms with Crippen molar-refractivity contribution >= 4 is 24.0 Å². The number of benzene rings is 1. The van der Waals surface area contributed by atoms with Crippen molar-refractivity contribution in [2.24, 2.45) is 11.7 Å². The minimum Gasteiger partial charge on any atom is -0.489 e. The Bertz CT molecular complexity index is 453. The molecule has 0 radical (unpaired) electrons. The van der Waals surface area contributed by atoms with Crippen LogP contribution in [-0.4, -0.2) is 18.1 Å². The molecule has 2 unspecified atom stereocenters. The summed E-state index contributed by atoms with van der Waals surface area (Å²) in [6.45, 7) is 7.20. The number of hydrogen-bond acceptors (Lipinski definition) is 3. The first-order valence-corrected chi connectivity index (χ1v) is 6.34. The number of rotatable bonds is 5. The summed E-state index contributed by atoms with van der Waals surface area (Å²) in [6.07, 6.45) is -0.0630. The third kappa shape index (κ3) is 5.35. The van der Waals surface area contributed by atoms with Crippen molar-refractivity contribution in [3.63, 3.8) is 0 Å². The highest BCUT2D eigenvalue weighted by Gasteiger charge is 2.19. The highest BCUT2D eigenvalue weighted by Crippen LogP contribution is 2.27. The smallest absolute Gasteiger partial charge is 0.228 e. The van der Waals surface area contributed by atoms with Crippen LogP contribution in [0.15, 0.2) is 18.2 Å². The van der Waals surface area contributed by atoms with Gasteiger partial charge in [-0.25, -0.2) is 4.39 Å². The van der Waals surface area contributed by atoms with Crippen molar-refractivity contribution in [2.45, 2.75) is 39.8 Å². The highest BCUT2D eigenvalue weighted by atomic mass is 35.5. The zero-order valence-electron chi connectivity index (χ0n) is 12.1. The van der Waals surface area contributed by atoms with Crippen molar-refractivity contribution in [3.8, 4) is 5.75 Å². The number of nitrogens with two attached hydrogens (primary N) is 1. The van der Waals surface area contributed by atoms with E-state index in [0.29, 0.717) is 11.4 Å². The van der Waals surface area contributed by atoms with Gasteiger partial charge in [-0.05, 0) is 32.9 Å². The van der Waals surface area contributed by atoms with Crippen LogP contribution in [-0.2, 0) is 4.79 Å². The van der Waals surface area contributed by atoms with Crippen LogP contribution < -0.4 is 15.8 Å². The van der Waals surface area contributed by atoms with Crippen molar-refractivity contribution in [1.29, 1.82) is 0 Å². The van der Waals surface area contributed by atoms with Crippen LogP contribution in [0.25, 0.3) is 0 Å². The molecule has 3 N–H and O–H groups in total. The van der Waals surface area contributed by atoms with Crippen LogP contribution in [0.2, 0.25) is 0 Å². The molecule has 1 rings (SSSR count). The number of ether oxygens (including phenoxy) is 1. The van der Waals surface area contributed by atoms with E-state index in [0.717, 1.165) is 0 Å². The number of anilines is 1. The second-order valence-corrected chi connectivity index (χ2v) is 4.94. The van der Waals surface area contributed by atoms with Gasteiger partial charge in [0.2, 0.25) is 5.91 Å². The summed E-state index contributed by atoms with van der Waals surface area (Å²) in [6, 6.07) is 3.76. The SMILES string of the molecule is CC(C)Oc1ccc(F)cc1NC(=O)C(C)C(C)N.Cl. The van der Waals surface area contributed by atoms with Crippen LogP contribution in [0.4, 0.5) is 10.1 Å². The first kappa shape index (κ1) is 18.7. The first-order chi connectivity index (χ1) is 8.81. The average Bonchev–Trinajstić information content (AvgIpc) is 2.31. The van der Waals surface area contributed by atoms with Gasteiger partial charge in [-0.1, -0.05) is 6.92 Å². The highest BCUT2D eigenvalue weighted by molar-refractivity contribution is 5.94. The summed E-state index contributed by atoms with van der Waals surface area (Å²) in [5.41, 5.74) is 6.00. The maximum Gasteiger partial charge on any atom is 0.228 e. The maximum absolute atomic E-state index is 13.3. The number of halogens is 2. The molecule has 0 bridgehead atoms. The predicted octanol–water partition coefficient (Wildman–Crippen LogP) is 2.96. The van der Waals surface area contributed by atoms with Gasteiger partial charge < -0.3 is 15.8 Å². The molecule has 4 nitrogen and oxygen atoms in total. The Hall–Kier alpha value is -1.33. The number of nitrogens with one attached hydrogen (secondary N) is 1. The summed E-state index contributed by atoms with van der Waals surface area (Å²) in [4.78, 5) is 11.9. The van der Waals surface area contributed by atoms with E-state index < -0.39 is 5.82 Å². The van der Waals surface area contributed by atoms with Gasteiger partial charge in [0.05, 0.1) is 17.7 Å². The fourth-order valence-electron chi connectivity index (χ4n) is 1.44. The Kier molecular flexibility index (Phi) is 7.53. The number of carbonyl (C=O) groups excluding carboxylic acids is 1. The van der Waals surface area contributed by atoms with Crippen molar-refractivity contribution in [2.75, 3.05) is 5.32 Å². The van der Waals surface area contributed by atoms with E-state index >= 15 is 0 Å². The summed E-state index contributed by atoms with van der Waals surface area (Å²) in [5, 5.41) is 2.65. The summed E-state index contributed by atoms with van der Waals surface area (Å²) < 4.78 is 18.8. The molecule has 1 aromatic rings. The molecule has 0 saturated carbocycles. The van der Waals surface area contributed by atoms with Gasteiger partial charge in [0.1, 0.15) is 11.6 Å². The van der Waals surface area contributed by atoms with Gasteiger partial charge >= 0.3 is 0 Å². The molecule has 6 heteroatoms. The summed E-state index contributed by atoms with van der Waals surface area (Å²) in [7, 11) is 0. The van der Waals surface area contributed by atoms with Crippen LogP contribution in [0.5, 0.6) is 5.75 Å². The topological polar surface area (TPSA) is 64.3 Å². The molecule has 0 fully saturated rings. The normalized spacial score (nSPS) is 13.3. The Morgan fingerprint density at radius 3 is 2.40 bits per heavy atom. The molecule has 0 aliphatic carbocycles. The van der Waals surface area contributed by atoms with Crippen LogP contribution in [0.1, 0.15) is 27.7 Å². The molecule has 0 aliphatic heterocycles. The molecule has 2 atom stereocenters. The van der Waals surface area contributed by atoms with Crippen molar-refractivity contribution in [3.05, 3.63) is 24.0 Å². The Morgan fingerprint density at radius 1 is 1.30 bits per heavy atom. The summed E-state index contributed by atoms with van der Waals surface area (Å²) in [5.74, 6) is -0.606. The molecule has 0 aromatic heterocycles. The second kappa shape index (κ2) is 8.07. The van der Waals surface area contributed by atoms with E-state index in [-0.39, 0.29) is 36.4 Å². The average molecular weight is 305 g/mol. The van der Waals surface area contributed by atoms with E-state index in [9.17, 15) is 9.18 Å². The Balaban J connectivity index is 0.00000361. The molecular weight excluding hydrogens is 283 g/mol. The lowest BCUT2D eigenvalue weighted by molar-refractivity contribution is -0.119. The zero-order valence-corrected chi connectivity index (χ0v) is 13.0. The molecule has 0 aliphatic rings. The molecule has 0 saturated heterocycles. The lowest BCUT2D eigenvalue weighted by Crippen LogP contribution is -2.34. The molecule has 0 heterocycles. The van der Waals surface area contributed by atoms with Gasteiger partial charge in [-0.3, -0.25) is 4.79 Å². The predicted molar refractivity (Wildman–Crippen MR) is 80.9 cm³/mol. The fourth-order valence-corrected chi connectivity index (χ4v) is 1.44. The third-order valence-electron chi connectivity index (χ3n) is 2.76. The van der Waals surface area contributed by atoms with E-state index in [1.54, 1.807) is 13.8 Å². The van der Waals surface area contributed by atoms with Crippen molar-refractivity contribution < 1.29 is 13.9 Å². The number of hydrogen-bond donors (Lipinski definition) is 2. The molecule has 20 heavy (non-hydrogen) atoms. The molecule has 0 spiro atoms. The lowest BCUT2D eigenvalue weighted by Gasteiger charge is -2.18. The maximum atomic E-state index is 13.3. The largest absolute Gasteiger partial charge is 0.489 e. The summed E-state index contributed by atoms with van der Waals surface area (Å²) >= 11 is 0. The van der Waals surface area contributed by atoms with Crippen LogP contribution in [0, 0.1) is 11.7 Å². The van der Waals surface area contributed by atoms with E-state index in [2.05, 4.69) is 5.32 Å². The van der Waals surface area contributed by atoms with E-state index in [4.69, 9.17) is 10.5 Å². The Morgan fingerprint density at radius 2 is 1.90 bits per heavy atom. The van der Waals surface area contributed by atoms with Gasteiger partial charge in [0.25, 0.3) is 0 Å². The lowest BCUT2D eigenvalue weighted by atomic mass is 10.0. The quantitative estimate of drug-likeness (QED) is 0.879. The van der Waals surface area contributed by atoms with Gasteiger partial charge in [-0.15, -0.1) is 12.4 Å². The number of amides is 1. The second-order valence-electron chi connectivity index (χ2n) is 4.94. The van der Waals surface area contributed by atoms with Gasteiger partial charge in [-0.2, -0.15) is 0 Å². The van der Waals surface area contributed by atoms with Gasteiger partial charge in [0.15, 0.2) is 0 Å². The molecule has 1 amide bonds. The van der Waals surface area contributed by atoms with Crippen LogP contribution in [0.3, 0.4) is 0 Å². The zero-order chi connectivity index (χ0) is 14.6.